The molecule has 2 atom stereocenters. The first-order valence-electron chi connectivity index (χ1n) is 9.61. The van der Waals surface area contributed by atoms with Crippen LogP contribution in [-0.2, 0) is 4.79 Å². The van der Waals surface area contributed by atoms with Crippen molar-refractivity contribution in [2.24, 2.45) is 5.92 Å². The van der Waals surface area contributed by atoms with Crippen LogP contribution in [0.5, 0.6) is 0 Å². The summed E-state index contributed by atoms with van der Waals surface area (Å²) in [7, 11) is 0. The molecule has 3 rings (SSSR count). The number of ketones is 2. The number of hydrogen-bond acceptors (Lipinski definition) is 2. The van der Waals surface area contributed by atoms with Crippen molar-refractivity contribution in [3.8, 4) is 0 Å². The highest BCUT2D eigenvalue weighted by Gasteiger charge is 2.31. The standard InChI is InChI=1S/C23H24BrClO2/c24-18-11-7-17(8-12-18)23(27)15-21(16-9-13-19(25)14-10-16)20-5-3-1-2-4-6-22(20)26/h7-14,20-21H,1-6,15H2/t20-,21+/m0/s1. The molecular weight excluding hydrogens is 424 g/mol. The summed E-state index contributed by atoms with van der Waals surface area (Å²) in [6, 6.07) is 15.1. The molecule has 2 nitrogen and oxygen atoms in total. The highest BCUT2D eigenvalue weighted by molar-refractivity contribution is 9.10. The quantitative estimate of drug-likeness (QED) is 0.462. The Hall–Kier alpha value is -1.45. The van der Waals surface area contributed by atoms with Crippen molar-refractivity contribution in [1.82, 2.24) is 0 Å². The average Bonchev–Trinajstić information content (AvgIpc) is 2.65. The van der Waals surface area contributed by atoms with Crippen LogP contribution in [0.1, 0.15) is 66.8 Å². The van der Waals surface area contributed by atoms with E-state index in [4.69, 9.17) is 11.6 Å². The molecule has 0 spiro atoms. The lowest BCUT2D eigenvalue weighted by Crippen LogP contribution is -2.26. The molecule has 0 amide bonds. The van der Waals surface area contributed by atoms with Crippen LogP contribution in [-0.4, -0.2) is 11.6 Å². The van der Waals surface area contributed by atoms with Gasteiger partial charge in [-0.15, -0.1) is 0 Å². The van der Waals surface area contributed by atoms with Crippen molar-refractivity contribution in [2.45, 2.75) is 50.9 Å². The fourth-order valence-corrected chi connectivity index (χ4v) is 4.34. The van der Waals surface area contributed by atoms with E-state index in [1.54, 1.807) is 0 Å². The van der Waals surface area contributed by atoms with E-state index >= 15 is 0 Å². The highest BCUT2D eigenvalue weighted by Crippen LogP contribution is 2.36. The molecule has 0 N–H and O–H groups in total. The Morgan fingerprint density at radius 1 is 1.00 bits per heavy atom. The van der Waals surface area contributed by atoms with Gasteiger partial charge in [-0.1, -0.05) is 71.1 Å². The van der Waals surface area contributed by atoms with Gasteiger partial charge >= 0.3 is 0 Å². The van der Waals surface area contributed by atoms with Crippen molar-refractivity contribution in [3.05, 3.63) is 69.2 Å². The van der Waals surface area contributed by atoms with Crippen LogP contribution >= 0.6 is 27.5 Å². The third-order valence-corrected chi connectivity index (χ3v) is 6.24. The van der Waals surface area contributed by atoms with E-state index in [2.05, 4.69) is 15.9 Å². The summed E-state index contributed by atoms with van der Waals surface area (Å²) < 4.78 is 0.948. The third kappa shape index (κ3) is 5.52. The predicted octanol–water partition coefficient (Wildman–Crippen LogP) is 7.00. The number of benzene rings is 2. The van der Waals surface area contributed by atoms with Crippen molar-refractivity contribution in [2.75, 3.05) is 0 Å². The van der Waals surface area contributed by atoms with Gasteiger partial charge in [-0.25, -0.2) is 0 Å². The summed E-state index contributed by atoms with van der Waals surface area (Å²) in [5.74, 6) is 0.199. The Bertz CT molecular complexity index is 783. The molecule has 0 heterocycles. The van der Waals surface area contributed by atoms with Crippen LogP contribution in [0.4, 0.5) is 0 Å². The van der Waals surface area contributed by atoms with Crippen molar-refractivity contribution in [1.29, 1.82) is 0 Å². The lowest BCUT2D eigenvalue weighted by Gasteiger charge is -2.28. The molecule has 2 aromatic rings. The van der Waals surface area contributed by atoms with Gasteiger partial charge in [0, 0.05) is 39.7 Å². The summed E-state index contributed by atoms with van der Waals surface area (Å²) in [6.45, 7) is 0. The van der Waals surface area contributed by atoms with E-state index in [0.717, 1.165) is 42.1 Å². The summed E-state index contributed by atoms with van der Waals surface area (Å²) in [5, 5.41) is 0.667. The first-order chi connectivity index (χ1) is 13.0. The highest BCUT2D eigenvalue weighted by atomic mass is 79.9. The molecule has 2 aromatic carbocycles. The van der Waals surface area contributed by atoms with Crippen molar-refractivity contribution < 1.29 is 9.59 Å². The smallest absolute Gasteiger partial charge is 0.163 e. The summed E-state index contributed by atoms with van der Waals surface area (Å²) in [4.78, 5) is 25.8. The summed E-state index contributed by atoms with van der Waals surface area (Å²) in [5.41, 5.74) is 1.72. The van der Waals surface area contributed by atoms with Crippen LogP contribution in [0.2, 0.25) is 5.02 Å². The molecule has 0 radical (unpaired) electrons. The molecule has 27 heavy (non-hydrogen) atoms. The molecule has 0 aliphatic heterocycles. The molecule has 142 valence electrons. The number of rotatable bonds is 5. The number of halogens is 2. The number of carbonyl (C=O) groups is 2. The number of carbonyl (C=O) groups excluding carboxylic acids is 2. The molecule has 1 fully saturated rings. The Morgan fingerprint density at radius 2 is 1.67 bits per heavy atom. The Balaban J connectivity index is 1.88. The second kappa shape index (κ2) is 9.66. The fraction of sp³-hybridized carbons (Fsp3) is 0.391. The van der Waals surface area contributed by atoms with E-state index in [-0.39, 0.29) is 17.6 Å². The number of Topliss-reactive ketones (excluding diaryl/α,β-unsaturated/α-hetero) is 2. The normalized spacial score (nSPS) is 19.2. The van der Waals surface area contributed by atoms with Crippen molar-refractivity contribution in [3.63, 3.8) is 0 Å². The van der Waals surface area contributed by atoms with E-state index in [9.17, 15) is 9.59 Å². The van der Waals surface area contributed by atoms with Gasteiger partial charge < -0.3 is 0 Å². The third-order valence-electron chi connectivity index (χ3n) is 5.46. The van der Waals surface area contributed by atoms with E-state index in [0.29, 0.717) is 29.2 Å². The van der Waals surface area contributed by atoms with Gasteiger partial charge in [0.2, 0.25) is 0 Å². The minimum atomic E-state index is -0.0935. The average molecular weight is 448 g/mol. The molecule has 1 aliphatic carbocycles. The van der Waals surface area contributed by atoms with E-state index in [1.165, 1.54) is 0 Å². The zero-order valence-corrected chi connectivity index (χ0v) is 17.6. The van der Waals surface area contributed by atoms with Gasteiger partial charge in [-0.2, -0.15) is 0 Å². The first-order valence-corrected chi connectivity index (χ1v) is 10.8. The van der Waals surface area contributed by atoms with Gasteiger partial charge in [-0.05, 0) is 42.7 Å². The maximum absolute atomic E-state index is 13.0. The molecule has 0 saturated heterocycles. The topological polar surface area (TPSA) is 34.1 Å². The van der Waals surface area contributed by atoms with Crippen LogP contribution in [0, 0.1) is 5.92 Å². The van der Waals surface area contributed by atoms with Crippen LogP contribution in [0.25, 0.3) is 0 Å². The maximum Gasteiger partial charge on any atom is 0.163 e. The Labute approximate surface area is 174 Å². The predicted molar refractivity (Wildman–Crippen MR) is 113 cm³/mol. The van der Waals surface area contributed by atoms with Gasteiger partial charge in [-0.3, -0.25) is 9.59 Å². The lowest BCUT2D eigenvalue weighted by atomic mass is 9.75. The Morgan fingerprint density at radius 3 is 2.37 bits per heavy atom. The minimum Gasteiger partial charge on any atom is -0.299 e. The zero-order valence-electron chi connectivity index (χ0n) is 15.3. The SMILES string of the molecule is O=C(C[C@H](c1ccc(Cl)cc1)[C@@H]1CCCCCCC1=O)c1ccc(Br)cc1. The molecule has 4 heteroatoms. The van der Waals surface area contributed by atoms with Crippen LogP contribution in [0.15, 0.2) is 53.0 Å². The van der Waals surface area contributed by atoms with Gasteiger partial charge in [0.25, 0.3) is 0 Å². The van der Waals surface area contributed by atoms with Gasteiger partial charge in [0.1, 0.15) is 5.78 Å². The largest absolute Gasteiger partial charge is 0.299 e. The maximum atomic E-state index is 13.0. The number of hydrogen-bond donors (Lipinski definition) is 0. The molecule has 0 bridgehead atoms. The summed E-state index contributed by atoms with van der Waals surface area (Å²) >= 11 is 9.46. The van der Waals surface area contributed by atoms with E-state index < -0.39 is 0 Å². The lowest BCUT2D eigenvalue weighted by molar-refractivity contribution is -0.124. The second-order valence-electron chi connectivity index (χ2n) is 7.32. The zero-order chi connectivity index (χ0) is 19.2. The van der Waals surface area contributed by atoms with Crippen LogP contribution < -0.4 is 0 Å². The van der Waals surface area contributed by atoms with Crippen LogP contribution in [0.3, 0.4) is 0 Å². The van der Waals surface area contributed by atoms with E-state index in [1.807, 2.05) is 48.5 Å². The Kier molecular flexibility index (Phi) is 7.26. The first kappa shape index (κ1) is 20.3. The molecule has 1 saturated carbocycles. The molecule has 0 unspecified atom stereocenters. The monoisotopic (exact) mass is 446 g/mol. The fourth-order valence-electron chi connectivity index (χ4n) is 3.94. The molecule has 1 aliphatic rings. The summed E-state index contributed by atoms with van der Waals surface area (Å²) in [6.07, 6.45) is 6.14. The molecule has 0 aromatic heterocycles. The van der Waals surface area contributed by atoms with Gasteiger partial charge in [0.15, 0.2) is 5.78 Å². The van der Waals surface area contributed by atoms with Gasteiger partial charge in [0.05, 0.1) is 0 Å². The minimum absolute atomic E-state index is 0.0808. The molecular formula is C23H24BrClO2. The van der Waals surface area contributed by atoms with Crippen molar-refractivity contribution >= 4 is 39.1 Å². The second-order valence-corrected chi connectivity index (χ2v) is 8.67.